The molecular formula is C23H28N4OS. The Hall–Kier alpha value is -2.23. The van der Waals surface area contributed by atoms with Crippen LogP contribution in [0.4, 0.5) is 0 Å². The van der Waals surface area contributed by atoms with Crippen molar-refractivity contribution in [2.75, 3.05) is 19.6 Å². The Morgan fingerprint density at radius 2 is 2.24 bits per heavy atom. The van der Waals surface area contributed by atoms with Crippen molar-refractivity contribution in [2.45, 2.75) is 52.6 Å². The molecule has 2 aliphatic heterocycles. The van der Waals surface area contributed by atoms with E-state index in [2.05, 4.69) is 35.0 Å². The number of carbonyl (C=O) groups excluding carboxylic acids is 1. The molecule has 4 heterocycles. The molecule has 1 atom stereocenters. The Morgan fingerprint density at radius 3 is 2.97 bits per heavy atom. The summed E-state index contributed by atoms with van der Waals surface area (Å²) in [5.41, 5.74) is 4.03. The quantitative estimate of drug-likeness (QED) is 0.766. The number of aromatic nitrogens is 1. The number of nitriles is 1. The predicted molar refractivity (Wildman–Crippen MR) is 115 cm³/mol. The Morgan fingerprint density at radius 1 is 1.38 bits per heavy atom. The molecule has 0 spiro atoms. The number of pyridine rings is 1. The highest BCUT2D eigenvalue weighted by atomic mass is 32.1. The summed E-state index contributed by atoms with van der Waals surface area (Å²) in [6.07, 6.45) is 5.66. The summed E-state index contributed by atoms with van der Waals surface area (Å²) in [7, 11) is 0. The van der Waals surface area contributed by atoms with Crippen LogP contribution in [0.2, 0.25) is 0 Å². The summed E-state index contributed by atoms with van der Waals surface area (Å²) < 4.78 is 0. The lowest BCUT2D eigenvalue weighted by Gasteiger charge is -2.36. The van der Waals surface area contributed by atoms with Crippen LogP contribution in [0, 0.1) is 16.7 Å². The lowest BCUT2D eigenvalue weighted by molar-refractivity contribution is 0.0628. The van der Waals surface area contributed by atoms with Gasteiger partial charge in [0.25, 0.3) is 5.91 Å². The average molecular weight is 409 g/mol. The maximum atomic E-state index is 13.2. The summed E-state index contributed by atoms with van der Waals surface area (Å²) in [4.78, 5) is 23.4. The molecule has 29 heavy (non-hydrogen) atoms. The molecule has 0 aliphatic carbocycles. The number of amides is 1. The van der Waals surface area contributed by atoms with E-state index < -0.39 is 5.41 Å². The number of hydrogen-bond donors (Lipinski definition) is 0. The van der Waals surface area contributed by atoms with E-state index in [1.165, 1.54) is 16.0 Å². The monoisotopic (exact) mass is 408 g/mol. The second-order valence-corrected chi connectivity index (χ2v) is 9.49. The van der Waals surface area contributed by atoms with Crippen LogP contribution in [-0.4, -0.2) is 40.3 Å². The first kappa shape index (κ1) is 20.1. The van der Waals surface area contributed by atoms with E-state index >= 15 is 0 Å². The Labute approximate surface area is 177 Å². The molecular weight excluding hydrogens is 380 g/mol. The van der Waals surface area contributed by atoms with Gasteiger partial charge in [0.15, 0.2) is 0 Å². The van der Waals surface area contributed by atoms with Crippen molar-refractivity contribution >= 4 is 17.2 Å². The molecule has 2 aromatic rings. The largest absolute Gasteiger partial charge is 0.337 e. The van der Waals surface area contributed by atoms with Crippen LogP contribution in [0.3, 0.4) is 0 Å². The first-order valence-electron chi connectivity index (χ1n) is 10.5. The van der Waals surface area contributed by atoms with Crippen LogP contribution in [0.25, 0.3) is 0 Å². The van der Waals surface area contributed by atoms with E-state index in [0.717, 1.165) is 63.1 Å². The number of fused-ring (bicyclic) bond motifs is 1. The van der Waals surface area contributed by atoms with E-state index in [0.29, 0.717) is 6.54 Å². The third kappa shape index (κ3) is 4.22. The van der Waals surface area contributed by atoms with Crippen LogP contribution in [0.15, 0.2) is 23.7 Å². The summed E-state index contributed by atoms with van der Waals surface area (Å²) in [6, 6.07) is 6.69. The second-order valence-electron chi connectivity index (χ2n) is 8.53. The lowest BCUT2D eigenvalue weighted by atomic mass is 9.83. The van der Waals surface area contributed by atoms with Gasteiger partial charge in [0.2, 0.25) is 0 Å². The minimum atomic E-state index is -0.416. The van der Waals surface area contributed by atoms with Crippen molar-refractivity contribution in [2.24, 2.45) is 5.41 Å². The van der Waals surface area contributed by atoms with Gasteiger partial charge in [-0.15, -0.1) is 11.3 Å². The molecule has 0 saturated carbocycles. The average Bonchev–Trinajstić information content (AvgIpc) is 3.17. The summed E-state index contributed by atoms with van der Waals surface area (Å²) in [5, 5.41) is 11.5. The number of nitrogens with zero attached hydrogens (tertiary/aromatic N) is 4. The van der Waals surface area contributed by atoms with Gasteiger partial charge in [-0.2, -0.15) is 5.26 Å². The van der Waals surface area contributed by atoms with Crippen LogP contribution < -0.4 is 0 Å². The van der Waals surface area contributed by atoms with Gasteiger partial charge in [-0.05, 0) is 49.8 Å². The highest BCUT2D eigenvalue weighted by Crippen LogP contribution is 2.33. The molecule has 152 valence electrons. The number of aryl methyl sites for hydroxylation is 1. The normalized spacial score (nSPS) is 22.2. The maximum absolute atomic E-state index is 13.2. The number of hydrogen-bond acceptors (Lipinski definition) is 5. The highest BCUT2D eigenvalue weighted by molar-refractivity contribution is 7.10. The molecule has 2 aliphatic rings. The topological polar surface area (TPSA) is 60.2 Å². The zero-order valence-electron chi connectivity index (χ0n) is 17.3. The van der Waals surface area contributed by atoms with Crippen molar-refractivity contribution < 1.29 is 4.79 Å². The van der Waals surface area contributed by atoms with Crippen molar-refractivity contribution in [3.8, 4) is 6.07 Å². The molecule has 5 nitrogen and oxygen atoms in total. The van der Waals surface area contributed by atoms with Crippen LogP contribution in [0.5, 0.6) is 0 Å². The van der Waals surface area contributed by atoms with Crippen LogP contribution in [0.1, 0.15) is 58.7 Å². The van der Waals surface area contributed by atoms with E-state index in [1.807, 2.05) is 23.4 Å². The minimum absolute atomic E-state index is 0.106. The van der Waals surface area contributed by atoms with E-state index in [4.69, 9.17) is 0 Å². The van der Waals surface area contributed by atoms with Gasteiger partial charge < -0.3 is 4.90 Å². The van der Waals surface area contributed by atoms with E-state index in [-0.39, 0.29) is 5.91 Å². The van der Waals surface area contributed by atoms with Crippen molar-refractivity contribution in [1.82, 2.24) is 14.8 Å². The smallest absolute Gasteiger partial charge is 0.255 e. The third-order valence-electron chi connectivity index (χ3n) is 6.19. The van der Waals surface area contributed by atoms with Crippen LogP contribution in [-0.2, 0) is 25.9 Å². The molecule has 0 unspecified atom stereocenters. The Balaban J connectivity index is 1.44. The fourth-order valence-electron chi connectivity index (χ4n) is 4.36. The van der Waals surface area contributed by atoms with E-state index in [1.54, 1.807) is 11.3 Å². The van der Waals surface area contributed by atoms with Gasteiger partial charge in [-0.25, -0.2) is 0 Å². The van der Waals surface area contributed by atoms with Gasteiger partial charge in [0.1, 0.15) is 0 Å². The third-order valence-corrected chi connectivity index (χ3v) is 7.20. The molecule has 1 saturated heterocycles. The van der Waals surface area contributed by atoms with Crippen molar-refractivity contribution in [1.29, 1.82) is 5.26 Å². The number of thiophene rings is 1. The zero-order valence-corrected chi connectivity index (χ0v) is 18.1. The number of rotatable bonds is 4. The summed E-state index contributed by atoms with van der Waals surface area (Å²) in [6.45, 7) is 8.07. The van der Waals surface area contributed by atoms with Gasteiger partial charge >= 0.3 is 0 Å². The molecule has 4 rings (SSSR count). The Bertz CT molecular complexity index is 929. The lowest BCUT2D eigenvalue weighted by Crippen LogP contribution is -2.44. The van der Waals surface area contributed by atoms with Crippen LogP contribution >= 0.6 is 11.3 Å². The number of likely N-dealkylation sites (tertiary alicyclic amines) is 1. The zero-order chi connectivity index (χ0) is 20.4. The standard InChI is InChI=1S/C23H28N4OS/c1-3-17-5-6-18(25-11-17)12-26-10-7-19-20(14-29-21(19)13-26)22(28)27-9-4-8-23(2,15-24)16-27/h5-6,11,14H,3-4,7-10,12-13,16H2,1-2H3/t23-/m1/s1. The minimum Gasteiger partial charge on any atom is -0.337 e. The first-order valence-corrected chi connectivity index (χ1v) is 11.4. The molecule has 0 N–H and O–H groups in total. The molecule has 0 bridgehead atoms. The number of carbonyl (C=O) groups is 1. The van der Waals surface area contributed by atoms with Gasteiger partial charge in [0.05, 0.1) is 22.7 Å². The first-order chi connectivity index (χ1) is 14.0. The molecule has 0 aromatic carbocycles. The van der Waals surface area contributed by atoms with Gasteiger partial charge in [-0.3, -0.25) is 14.7 Å². The second kappa shape index (κ2) is 8.25. The summed E-state index contributed by atoms with van der Waals surface area (Å²) in [5.74, 6) is 0.106. The fraction of sp³-hybridized carbons (Fsp3) is 0.522. The van der Waals surface area contributed by atoms with Gasteiger partial charge in [0, 0.05) is 49.2 Å². The maximum Gasteiger partial charge on any atom is 0.255 e. The SMILES string of the molecule is CCc1ccc(CN2CCc3c(C(=O)N4CCC[C@](C)(C#N)C4)csc3C2)nc1. The highest BCUT2D eigenvalue weighted by Gasteiger charge is 2.35. The fourth-order valence-corrected chi connectivity index (χ4v) is 5.47. The predicted octanol–water partition coefficient (Wildman–Crippen LogP) is 4.03. The molecule has 2 aromatic heterocycles. The molecule has 1 fully saturated rings. The molecule has 1 amide bonds. The van der Waals surface area contributed by atoms with E-state index in [9.17, 15) is 10.1 Å². The molecule has 0 radical (unpaired) electrons. The number of piperidine rings is 1. The summed E-state index contributed by atoms with van der Waals surface area (Å²) >= 11 is 1.70. The van der Waals surface area contributed by atoms with Gasteiger partial charge in [-0.1, -0.05) is 13.0 Å². The Kier molecular flexibility index (Phi) is 5.71. The molecule has 6 heteroatoms. The van der Waals surface area contributed by atoms with Crippen molar-refractivity contribution in [3.63, 3.8) is 0 Å². The van der Waals surface area contributed by atoms with Crippen molar-refractivity contribution in [3.05, 3.63) is 51.0 Å².